The summed E-state index contributed by atoms with van der Waals surface area (Å²) in [4.78, 5) is 0. The molecule has 0 amide bonds. The fraction of sp³-hybridized carbons (Fsp3) is 0.133. The van der Waals surface area contributed by atoms with Crippen molar-refractivity contribution in [3.8, 4) is 11.8 Å². The molecule has 0 bridgehead atoms. The summed E-state index contributed by atoms with van der Waals surface area (Å²) in [6.45, 7) is 0. The normalized spacial score (nSPS) is 11.4. The van der Waals surface area contributed by atoms with E-state index in [4.69, 9.17) is 4.74 Å². The van der Waals surface area contributed by atoms with Crippen molar-refractivity contribution in [3.05, 3.63) is 58.6 Å². The average molecular weight is 317 g/mol. The van der Waals surface area contributed by atoms with Crippen LogP contribution in [-0.4, -0.2) is 7.11 Å². The quantitative estimate of drug-likeness (QED) is 0.922. The standard InChI is InChI=1S/C15H13BrN2O/c1-19-15-5-3-2-4-13(15)18-14(10-17)11-6-8-12(16)9-7-11/h2-9,14,18H,1H3/t14-/m1/s1. The Kier molecular flexibility index (Phi) is 4.43. The van der Waals surface area contributed by atoms with E-state index >= 15 is 0 Å². The fourth-order valence-electron chi connectivity index (χ4n) is 1.76. The highest BCUT2D eigenvalue weighted by Crippen LogP contribution is 2.28. The molecule has 2 aromatic rings. The minimum atomic E-state index is -0.413. The zero-order chi connectivity index (χ0) is 13.7. The molecule has 0 saturated carbocycles. The molecule has 0 aliphatic heterocycles. The molecule has 2 aromatic carbocycles. The lowest BCUT2D eigenvalue weighted by Gasteiger charge is -2.15. The van der Waals surface area contributed by atoms with Crippen molar-refractivity contribution in [3.63, 3.8) is 0 Å². The Labute approximate surface area is 121 Å². The van der Waals surface area contributed by atoms with Crippen LogP contribution < -0.4 is 10.1 Å². The van der Waals surface area contributed by atoms with Crippen LogP contribution in [0.2, 0.25) is 0 Å². The first-order valence-corrected chi connectivity index (χ1v) is 6.58. The summed E-state index contributed by atoms with van der Waals surface area (Å²) in [5, 5.41) is 12.5. The summed E-state index contributed by atoms with van der Waals surface area (Å²) < 4.78 is 6.26. The first kappa shape index (κ1) is 13.4. The molecule has 1 N–H and O–H groups in total. The fourth-order valence-corrected chi connectivity index (χ4v) is 2.03. The van der Waals surface area contributed by atoms with Gasteiger partial charge < -0.3 is 10.1 Å². The van der Waals surface area contributed by atoms with Gasteiger partial charge in [-0.15, -0.1) is 0 Å². The van der Waals surface area contributed by atoms with Crippen molar-refractivity contribution in [2.75, 3.05) is 12.4 Å². The second-order valence-corrected chi connectivity index (χ2v) is 4.87. The van der Waals surface area contributed by atoms with E-state index in [0.717, 1.165) is 21.5 Å². The Morgan fingerprint density at radius 3 is 2.47 bits per heavy atom. The molecule has 96 valence electrons. The van der Waals surface area contributed by atoms with E-state index in [2.05, 4.69) is 27.3 Å². The van der Waals surface area contributed by atoms with E-state index in [9.17, 15) is 5.26 Å². The average Bonchev–Trinajstić information content (AvgIpc) is 2.46. The molecule has 0 saturated heterocycles. The van der Waals surface area contributed by atoms with E-state index in [-0.39, 0.29) is 0 Å². The number of nitrogens with one attached hydrogen (secondary N) is 1. The lowest BCUT2D eigenvalue weighted by Crippen LogP contribution is -2.09. The van der Waals surface area contributed by atoms with Crippen LogP contribution in [0.25, 0.3) is 0 Å². The maximum Gasteiger partial charge on any atom is 0.141 e. The smallest absolute Gasteiger partial charge is 0.141 e. The lowest BCUT2D eigenvalue weighted by atomic mass is 10.1. The van der Waals surface area contributed by atoms with Gasteiger partial charge in [0, 0.05) is 4.47 Å². The molecule has 3 nitrogen and oxygen atoms in total. The van der Waals surface area contributed by atoms with Crippen LogP contribution in [0.3, 0.4) is 0 Å². The van der Waals surface area contributed by atoms with Crippen LogP contribution in [0.15, 0.2) is 53.0 Å². The molecule has 2 rings (SSSR count). The van der Waals surface area contributed by atoms with Gasteiger partial charge in [0.05, 0.1) is 18.9 Å². The van der Waals surface area contributed by atoms with Gasteiger partial charge in [-0.3, -0.25) is 0 Å². The number of benzene rings is 2. The number of hydrogen-bond acceptors (Lipinski definition) is 3. The van der Waals surface area contributed by atoms with Crippen molar-refractivity contribution < 1.29 is 4.74 Å². The van der Waals surface area contributed by atoms with Gasteiger partial charge in [-0.05, 0) is 29.8 Å². The van der Waals surface area contributed by atoms with E-state index in [1.807, 2.05) is 48.5 Å². The molecule has 4 heteroatoms. The third-order valence-electron chi connectivity index (χ3n) is 2.74. The van der Waals surface area contributed by atoms with Crippen molar-refractivity contribution in [2.45, 2.75) is 6.04 Å². The number of ether oxygens (including phenoxy) is 1. The number of nitriles is 1. The van der Waals surface area contributed by atoms with E-state index in [0.29, 0.717) is 0 Å². The molecule has 0 spiro atoms. The molecule has 0 unspecified atom stereocenters. The first-order valence-electron chi connectivity index (χ1n) is 5.79. The molecule has 0 aliphatic rings. The summed E-state index contributed by atoms with van der Waals surface area (Å²) in [7, 11) is 1.61. The maximum absolute atomic E-state index is 9.31. The summed E-state index contributed by atoms with van der Waals surface area (Å²) in [6.07, 6.45) is 0. The number of para-hydroxylation sites is 2. The Bertz CT molecular complexity index is 590. The minimum absolute atomic E-state index is 0.413. The maximum atomic E-state index is 9.31. The van der Waals surface area contributed by atoms with Crippen LogP contribution in [0.4, 0.5) is 5.69 Å². The number of hydrogen-bond donors (Lipinski definition) is 1. The van der Waals surface area contributed by atoms with Crippen molar-refractivity contribution in [2.24, 2.45) is 0 Å². The molecular weight excluding hydrogens is 304 g/mol. The van der Waals surface area contributed by atoms with Gasteiger partial charge in [0.25, 0.3) is 0 Å². The summed E-state index contributed by atoms with van der Waals surface area (Å²) >= 11 is 3.38. The van der Waals surface area contributed by atoms with Gasteiger partial charge in [-0.1, -0.05) is 40.2 Å². The predicted octanol–water partition coefficient (Wildman–Crippen LogP) is 4.13. The monoisotopic (exact) mass is 316 g/mol. The Morgan fingerprint density at radius 2 is 1.84 bits per heavy atom. The van der Waals surface area contributed by atoms with Crippen LogP contribution >= 0.6 is 15.9 Å². The van der Waals surface area contributed by atoms with E-state index in [1.165, 1.54) is 0 Å². The molecular formula is C15H13BrN2O. The summed E-state index contributed by atoms with van der Waals surface area (Å²) in [5.41, 5.74) is 1.72. The van der Waals surface area contributed by atoms with Crippen molar-refractivity contribution >= 4 is 21.6 Å². The first-order chi connectivity index (χ1) is 9.24. The third-order valence-corrected chi connectivity index (χ3v) is 3.27. The highest BCUT2D eigenvalue weighted by molar-refractivity contribution is 9.10. The molecule has 19 heavy (non-hydrogen) atoms. The van der Waals surface area contributed by atoms with Gasteiger partial charge in [0.15, 0.2) is 0 Å². The highest BCUT2D eigenvalue weighted by Gasteiger charge is 2.12. The molecule has 0 radical (unpaired) electrons. The van der Waals surface area contributed by atoms with Crippen LogP contribution in [-0.2, 0) is 0 Å². The van der Waals surface area contributed by atoms with Gasteiger partial charge in [0.2, 0.25) is 0 Å². The summed E-state index contributed by atoms with van der Waals surface area (Å²) in [5.74, 6) is 0.722. The number of rotatable bonds is 4. The zero-order valence-electron chi connectivity index (χ0n) is 10.4. The molecule has 1 atom stereocenters. The van der Waals surface area contributed by atoms with Crippen LogP contribution in [0.5, 0.6) is 5.75 Å². The van der Waals surface area contributed by atoms with Gasteiger partial charge >= 0.3 is 0 Å². The minimum Gasteiger partial charge on any atom is -0.495 e. The largest absolute Gasteiger partial charge is 0.495 e. The number of anilines is 1. The van der Waals surface area contributed by atoms with Crippen LogP contribution in [0, 0.1) is 11.3 Å². The van der Waals surface area contributed by atoms with Gasteiger partial charge in [0.1, 0.15) is 11.8 Å². The summed E-state index contributed by atoms with van der Waals surface area (Å²) in [6, 6.07) is 17.1. The number of halogens is 1. The molecule has 0 fully saturated rings. The van der Waals surface area contributed by atoms with Crippen molar-refractivity contribution in [1.82, 2.24) is 0 Å². The van der Waals surface area contributed by atoms with Crippen LogP contribution in [0.1, 0.15) is 11.6 Å². The van der Waals surface area contributed by atoms with E-state index < -0.39 is 6.04 Å². The molecule has 0 heterocycles. The molecule has 0 aromatic heterocycles. The van der Waals surface area contributed by atoms with Crippen molar-refractivity contribution in [1.29, 1.82) is 5.26 Å². The number of methoxy groups -OCH3 is 1. The van der Waals surface area contributed by atoms with E-state index in [1.54, 1.807) is 7.11 Å². The lowest BCUT2D eigenvalue weighted by molar-refractivity contribution is 0.416. The van der Waals surface area contributed by atoms with Gasteiger partial charge in [-0.25, -0.2) is 0 Å². The topological polar surface area (TPSA) is 45.0 Å². The van der Waals surface area contributed by atoms with Gasteiger partial charge in [-0.2, -0.15) is 5.26 Å². The Balaban J connectivity index is 2.24. The Hall–Kier alpha value is -1.99. The Morgan fingerprint density at radius 1 is 1.16 bits per heavy atom. The second kappa shape index (κ2) is 6.26. The predicted molar refractivity (Wildman–Crippen MR) is 79.1 cm³/mol. The molecule has 0 aliphatic carbocycles. The highest BCUT2D eigenvalue weighted by atomic mass is 79.9. The SMILES string of the molecule is COc1ccccc1N[C@H](C#N)c1ccc(Br)cc1. The number of nitrogens with zero attached hydrogens (tertiary/aromatic N) is 1. The third kappa shape index (κ3) is 3.27. The second-order valence-electron chi connectivity index (χ2n) is 3.96. The zero-order valence-corrected chi connectivity index (χ0v) is 12.0.